The van der Waals surface area contributed by atoms with Crippen LogP contribution in [0.5, 0.6) is 11.5 Å². The van der Waals surface area contributed by atoms with Crippen molar-refractivity contribution in [3.05, 3.63) is 93.3 Å². The Bertz CT molecular complexity index is 1440. The number of ether oxygens (including phenoxy) is 2. The highest BCUT2D eigenvalue weighted by Gasteiger charge is 2.16. The molecule has 0 spiro atoms. The van der Waals surface area contributed by atoms with Crippen molar-refractivity contribution in [2.45, 2.75) is 13.5 Å². The van der Waals surface area contributed by atoms with Crippen LogP contribution in [0.1, 0.15) is 17.3 Å². The lowest BCUT2D eigenvalue weighted by Gasteiger charge is -2.06. The van der Waals surface area contributed by atoms with E-state index in [1.807, 2.05) is 18.2 Å². The molecule has 1 heterocycles. The Morgan fingerprint density at radius 3 is 2.53 bits per heavy atom. The number of hydrogen-bond donors (Lipinski definition) is 0. The van der Waals surface area contributed by atoms with E-state index in [1.54, 1.807) is 49.4 Å². The number of amides is 1. The average molecular weight is 477 g/mol. The second-order valence-electron chi connectivity index (χ2n) is 7.04. The van der Waals surface area contributed by atoms with Gasteiger partial charge in [-0.2, -0.15) is 4.99 Å². The number of para-hydroxylation sites is 1. The number of non-ortho nitro benzene ring substituents is 1. The highest BCUT2D eigenvalue weighted by molar-refractivity contribution is 7.16. The van der Waals surface area contributed by atoms with E-state index in [9.17, 15) is 19.7 Å². The van der Waals surface area contributed by atoms with Gasteiger partial charge in [0.1, 0.15) is 18.0 Å². The molecule has 0 saturated carbocycles. The van der Waals surface area contributed by atoms with Crippen molar-refractivity contribution in [3.8, 4) is 11.5 Å². The minimum absolute atomic E-state index is 0.133. The zero-order valence-corrected chi connectivity index (χ0v) is 18.9. The molecule has 9 nitrogen and oxygen atoms in total. The van der Waals surface area contributed by atoms with Gasteiger partial charge in [-0.3, -0.25) is 19.7 Å². The second-order valence-corrected chi connectivity index (χ2v) is 8.05. The number of hydrogen-bond acceptors (Lipinski definition) is 7. The second kappa shape index (κ2) is 10.1. The zero-order valence-electron chi connectivity index (χ0n) is 18.0. The van der Waals surface area contributed by atoms with E-state index >= 15 is 0 Å². The van der Waals surface area contributed by atoms with Gasteiger partial charge in [0, 0.05) is 17.7 Å². The van der Waals surface area contributed by atoms with E-state index in [1.165, 1.54) is 16.7 Å². The van der Waals surface area contributed by atoms with Gasteiger partial charge in [-0.25, -0.2) is 0 Å². The number of nitro benzene ring substituents is 1. The summed E-state index contributed by atoms with van der Waals surface area (Å²) in [4.78, 5) is 40.3. The molecular weight excluding hydrogens is 458 g/mol. The minimum Gasteiger partial charge on any atom is -0.465 e. The van der Waals surface area contributed by atoms with E-state index in [2.05, 4.69) is 4.99 Å². The summed E-state index contributed by atoms with van der Waals surface area (Å²) in [5.74, 6) is 0.0130. The molecular formula is C24H19N3O6S. The van der Waals surface area contributed by atoms with Gasteiger partial charge in [0.25, 0.3) is 11.6 Å². The van der Waals surface area contributed by atoms with Crippen LogP contribution in [0.2, 0.25) is 0 Å². The summed E-state index contributed by atoms with van der Waals surface area (Å²) in [6.45, 7) is 1.62. The molecule has 1 amide bonds. The van der Waals surface area contributed by atoms with Crippen LogP contribution in [-0.2, 0) is 16.1 Å². The molecule has 4 aromatic rings. The molecule has 0 fully saturated rings. The Hall–Kier alpha value is -4.31. The maximum atomic E-state index is 13.0. The van der Waals surface area contributed by atoms with Crippen LogP contribution in [0, 0.1) is 10.1 Å². The van der Waals surface area contributed by atoms with Gasteiger partial charge in [-0.15, -0.1) is 0 Å². The Labute approximate surface area is 197 Å². The number of thiazole rings is 1. The number of nitrogens with zero attached hydrogens (tertiary/aromatic N) is 3. The van der Waals surface area contributed by atoms with Gasteiger partial charge in [0.15, 0.2) is 4.80 Å². The van der Waals surface area contributed by atoms with Crippen molar-refractivity contribution in [2.75, 3.05) is 6.61 Å². The first kappa shape index (κ1) is 22.9. The molecule has 34 heavy (non-hydrogen) atoms. The molecule has 0 aliphatic heterocycles. The summed E-state index contributed by atoms with van der Waals surface area (Å²) in [6.07, 6.45) is 0. The Kier molecular flexibility index (Phi) is 6.79. The van der Waals surface area contributed by atoms with Crippen LogP contribution in [0.25, 0.3) is 10.2 Å². The van der Waals surface area contributed by atoms with E-state index in [0.717, 1.165) is 11.3 Å². The summed E-state index contributed by atoms with van der Waals surface area (Å²) in [5.41, 5.74) is 0.575. The Morgan fingerprint density at radius 1 is 1.03 bits per heavy atom. The number of fused-ring (bicyclic) bond motifs is 1. The molecule has 0 atom stereocenters. The van der Waals surface area contributed by atoms with Gasteiger partial charge in [-0.05, 0) is 43.3 Å². The lowest BCUT2D eigenvalue weighted by atomic mass is 10.2. The first-order chi connectivity index (χ1) is 16.4. The standard InChI is InChI=1S/C24H19N3O6S/c1-2-32-22(28)15-26-20-14-17(27(30)31)11-12-21(20)34-24(26)25-23(29)16-7-6-10-19(13-16)33-18-8-4-3-5-9-18/h3-14H,2,15H2,1H3. The van der Waals surface area contributed by atoms with Crippen molar-refractivity contribution >= 4 is 39.1 Å². The SMILES string of the molecule is CCOC(=O)Cn1c(=NC(=O)c2cccc(Oc3ccccc3)c2)sc2ccc([N+](=O)[O-])cc21. The number of carbonyl (C=O) groups excluding carboxylic acids is 2. The van der Waals surface area contributed by atoms with Gasteiger partial charge < -0.3 is 14.0 Å². The van der Waals surface area contributed by atoms with Gasteiger partial charge in [0.05, 0.1) is 21.7 Å². The maximum Gasteiger partial charge on any atom is 0.326 e. The van der Waals surface area contributed by atoms with Gasteiger partial charge in [0.2, 0.25) is 0 Å². The molecule has 0 saturated heterocycles. The first-order valence-electron chi connectivity index (χ1n) is 10.3. The van der Waals surface area contributed by atoms with Gasteiger partial charge in [-0.1, -0.05) is 35.6 Å². The molecule has 172 valence electrons. The van der Waals surface area contributed by atoms with Crippen molar-refractivity contribution in [2.24, 2.45) is 4.99 Å². The van der Waals surface area contributed by atoms with Crippen LogP contribution in [0.15, 0.2) is 77.8 Å². The van der Waals surface area contributed by atoms with Crippen molar-refractivity contribution in [1.29, 1.82) is 0 Å². The van der Waals surface area contributed by atoms with Crippen molar-refractivity contribution in [1.82, 2.24) is 4.57 Å². The van der Waals surface area contributed by atoms with E-state index in [-0.39, 0.29) is 23.6 Å². The third-order valence-corrected chi connectivity index (χ3v) is 5.79. The number of carbonyl (C=O) groups is 2. The molecule has 0 aliphatic rings. The quantitative estimate of drug-likeness (QED) is 0.216. The van der Waals surface area contributed by atoms with Crippen LogP contribution < -0.4 is 9.54 Å². The van der Waals surface area contributed by atoms with Crippen LogP contribution in [0.3, 0.4) is 0 Å². The van der Waals surface area contributed by atoms with Crippen molar-refractivity contribution in [3.63, 3.8) is 0 Å². The van der Waals surface area contributed by atoms with Crippen LogP contribution in [0.4, 0.5) is 5.69 Å². The predicted molar refractivity (Wildman–Crippen MR) is 126 cm³/mol. The largest absolute Gasteiger partial charge is 0.465 e. The third-order valence-electron chi connectivity index (χ3n) is 4.73. The van der Waals surface area contributed by atoms with E-state index in [0.29, 0.717) is 27.3 Å². The molecule has 10 heteroatoms. The number of aromatic nitrogens is 1. The van der Waals surface area contributed by atoms with Crippen molar-refractivity contribution < 1.29 is 24.0 Å². The Balaban J connectivity index is 1.73. The molecule has 1 aromatic heterocycles. The number of rotatable bonds is 7. The smallest absolute Gasteiger partial charge is 0.326 e. The number of benzene rings is 3. The monoisotopic (exact) mass is 477 g/mol. The minimum atomic E-state index is -0.544. The molecule has 0 unspecified atom stereocenters. The molecule has 0 N–H and O–H groups in total. The van der Waals surface area contributed by atoms with Gasteiger partial charge >= 0.3 is 5.97 Å². The molecule has 0 bridgehead atoms. The van der Waals surface area contributed by atoms with E-state index in [4.69, 9.17) is 9.47 Å². The fourth-order valence-corrected chi connectivity index (χ4v) is 4.22. The highest BCUT2D eigenvalue weighted by Crippen LogP contribution is 2.24. The predicted octanol–water partition coefficient (Wildman–Crippen LogP) is 4.71. The number of nitro groups is 1. The highest BCUT2D eigenvalue weighted by atomic mass is 32.1. The topological polar surface area (TPSA) is 113 Å². The molecule has 3 aromatic carbocycles. The summed E-state index contributed by atoms with van der Waals surface area (Å²) in [5, 5.41) is 11.2. The maximum absolute atomic E-state index is 13.0. The summed E-state index contributed by atoms with van der Waals surface area (Å²) in [6, 6.07) is 20.0. The summed E-state index contributed by atoms with van der Waals surface area (Å²) >= 11 is 1.15. The first-order valence-corrected chi connectivity index (χ1v) is 11.1. The molecule has 4 rings (SSSR count). The van der Waals surface area contributed by atoms with E-state index < -0.39 is 16.8 Å². The summed E-state index contributed by atoms with van der Waals surface area (Å²) < 4.78 is 12.9. The molecule has 0 aliphatic carbocycles. The van der Waals surface area contributed by atoms with Crippen LogP contribution >= 0.6 is 11.3 Å². The Morgan fingerprint density at radius 2 is 1.79 bits per heavy atom. The zero-order chi connectivity index (χ0) is 24.1. The fraction of sp³-hybridized carbons (Fsp3) is 0.125. The lowest BCUT2D eigenvalue weighted by Crippen LogP contribution is -2.23. The molecule has 0 radical (unpaired) electrons. The fourth-order valence-electron chi connectivity index (χ4n) is 3.21. The normalized spacial score (nSPS) is 11.4. The third kappa shape index (κ3) is 5.18. The number of esters is 1. The average Bonchev–Trinajstić information content (AvgIpc) is 3.16. The lowest BCUT2D eigenvalue weighted by molar-refractivity contribution is -0.384. The summed E-state index contributed by atoms with van der Waals surface area (Å²) in [7, 11) is 0. The van der Waals surface area contributed by atoms with Crippen LogP contribution in [-0.4, -0.2) is 28.0 Å².